The molecule has 0 saturated carbocycles. The molecule has 1 aromatic heterocycles. The smallest absolute Gasteiger partial charge is 0.189 e. The molecule has 77 heavy (non-hydrogen) atoms. The molecule has 7 nitrogen and oxygen atoms in total. The fourth-order valence-corrected chi connectivity index (χ4v) is 10.5. The highest BCUT2D eigenvalue weighted by Crippen LogP contribution is 2.37. The highest BCUT2D eigenvalue weighted by molar-refractivity contribution is 6.16. The lowest BCUT2D eigenvalue weighted by Crippen LogP contribution is -2.09. The van der Waals surface area contributed by atoms with E-state index in [-0.39, 0.29) is 23.1 Å². The molecule has 0 unspecified atom stereocenters. The summed E-state index contributed by atoms with van der Waals surface area (Å²) in [5.41, 5.74) is 9.65. The van der Waals surface area contributed by atoms with E-state index in [4.69, 9.17) is 0 Å². The molecule has 0 spiro atoms. The van der Waals surface area contributed by atoms with Crippen molar-refractivity contribution in [2.45, 2.75) is 103 Å². The van der Waals surface area contributed by atoms with Crippen molar-refractivity contribution in [3.63, 3.8) is 0 Å². The van der Waals surface area contributed by atoms with Gasteiger partial charge in [-0.3, -0.25) is 9.59 Å². The fraction of sp³-hybridized carbons (Fsp3) is 0.229. The Kier molecular flexibility index (Phi) is 18.6. The van der Waals surface area contributed by atoms with Crippen LogP contribution in [0.3, 0.4) is 0 Å². The summed E-state index contributed by atoms with van der Waals surface area (Å²) in [6.45, 7) is 3.07. The summed E-state index contributed by atoms with van der Waals surface area (Å²) < 4.78 is 2.31. The van der Waals surface area contributed by atoms with Crippen molar-refractivity contribution < 1.29 is 19.8 Å². The Bertz CT molecular complexity index is 3090. The molecule has 0 aliphatic rings. The van der Waals surface area contributed by atoms with Crippen molar-refractivity contribution in [2.24, 2.45) is 0 Å². The van der Waals surface area contributed by atoms with Gasteiger partial charge in [0.15, 0.2) is 11.6 Å². The molecule has 0 amide bonds. The number of benzene rings is 8. The summed E-state index contributed by atoms with van der Waals surface area (Å²) in [4.78, 5) is 32.4. The van der Waals surface area contributed by atoms with E-state index >= 15 is 0 Å². The minimum absolute atomic E-state index is 0.133. The van der Waals surface area contributed by atoms with Crippen molar-refractivity contribution in [2.75, 3.05) is 9.80 Å². The average molecular weight is 1020 g/mol. The molecule has 0 atom stereocenters. The van der Waals surface area contributed by atoms with E-state index in [2.05, 4.69) is 69.8 Å². The molecule has 0 aliphatic carbocycles. The number of ketones is 2. The zero-order valence-electron chi connectivity index (χ0n) is 44.4. The number of hydrogen-bond acceptors (Lipinski definition) is 6. The van der Waals surface area contributed by atoms with Crippen LogP contribution in [-0.4, -0.2) is 26.3 Å². The van der Waals surface area contributed by atoms with Crippen LogP contribution in [-0.2, 0) is 6.54 Å². The fourth-order valence-electron chi connectivity index (χ4n) is 10.5. The van der Waals surface area contributed by atoms with Crippen molar-refractivity contribution in [3.05, 3.63) is 241 Å². The second kappa shape index (κ2) is 26.9. The van der Waals surface area contributed by atoms with Gasteiger partial charge >= 0.3 is 0 Å². The number of unbranched alkanes of at least 4 members (excludes halogenated alkanes) is 13. The van der Waals surface area contributed by atoms with Crippen LogP contribution in [0.2, 0.25) is 0 Å². The van der Waals surface area contributed by atoms with Crippen LogP contribution < -0.4 is 9.80 Å². The third-order valence-electron chi connectivity index (χ3n) is 14.6. The molecule has 8 aromatic carbocycles. The lowest BCUT2D eigenvalue weighted by atomic mass is 10.0. The number of anilines is 6. The van der Waals surface area contributed by atoms with Gasteiger partial charge in [0.1, 0.15) is 11.5 Å². The molecule has 9 aromatic rings. The average Bonchev–Trinajstić information content (AvgIpc) is 3.94. The Morgan fingerprint density at radius 1 is 0.364 bits per heavy atom. The number of aryl methyl sites for hydroxylation is 1. The third-order valence-corrected chi connectivity index (χ3v) is 14.6. The van der Waals surface area contributed by atoms with E-state index in [0.29, 0.717) is 22.3 Å². The van der Waals surface area contributed by atoms with Gasteiger partial charge in [0.25, 0.3) is 0 Å². The normalized spacial score (nSPS) is 11.8. The zero-order chi connectivity index (χ0) is 53.2. The predicted molar refractivity (Wildman–Crippen MR) is 322 cm³/mol. The summed E-state index contributed by atoms with van der Waals surface area (Å²) in [5, 5.41) is 24.5. The maximum absolute atomic E-state index is 14.1. The maximum Gasteiger partial charge on any atom is 0.189 e. The lowest BCUT2D eigenvalue weighted by Gasteiger charge is -2.25. The summed E-state index contributed by atoms with van der Waals surface area (Å²) in [7, 11) is 0. The Hall–Kier alpha value is -8.42. The molecule has 390 valence electrons. The van der Waals surface area contributed by atoms with Crippen molar-refractivity contribution >= 4 is 79.0 Å². The number of aliphatic hydroxyl groups excluding tert-OH is 2. The van der Waals surface area contributed by atoms with Gasteiger partial charge in [-0.1, -0.05) is 163 Å². The van der Waals surface area contributed by atoms with Gasteiger partial charge in [0.05, 0.1) is 0 Å². The Morgan fingerprint density at radius 2 is 0.649 bits per heavy atom. The number of fused-ring (bicyclic) bond motifs is 3. The molecule has 0 bridgehead atoms. The number of carbonyl (C=O) groups excluding carboxylic acids is 2. The standard InChI is InChI=1S/C70H71N3O4/c1-2-3-4-5-6-7-8-9-10-11-12-13-14-27-48-71-65-46-40-55(69(76)51-67(74)53-36-42-61(43-37-53)72(57-28-19-15-20-29-57)58-30-21-16-22-31-58)49-63(65)64-50-56(41-47-66(64)71)70(77)52-68(75)54-38-44-62(45-39-54)73(59-32-23-17-24-33-59)60-34-25-18-26-35-60/h15-26,28-47,49-52,74-75H,2-14,27,48H2,1H3/b67-51-,68-52-. The molecule has 9 rings (SSSR count). The van der Waals surface area contributed by atoms with Gasteiger partial charge in [-0.15, -0.1) is 0 Å². The number of aliphatic hydroxyl groups is 2. The molecule has 0 fully saturated rings. The van der Waals surface area contributed by atoms with E-state index < -0.39 is 0 Å². The first-order valence-electron chi connectivity index (χ1n) is 27.8. The van der Waals surface area contributed by atoms with Crippen molar-refractivity contribution in [1.82, 2.24) is 4.57 Å². The maximum atomic E-state index is 14.1. The second-order valence-electron chi connectivity index (χ2n) is 20.1. The quantitative estimate of drug-likeness (QED) is 0.0231. The first-order valence-corrected chi connectivity index (χ1v) is 27.8. The van der Waals surface area contributed by atoms with Gasteiger partial charge < -0.3 is 24.6 Å². The van der Waals surface area contributed by atoms with Crippen LogP contribution in [0.4, 0.5) is 34.1 Å². The van der Waals surface area contributed by atoms with Gasteiger partial charge in [-0.25, -0.2) is 0 Å². The number of para-hydroxylation sites is 4. The van der Waals surface area contributed by atoms with Crippen LogP contribution in [0.25, 0.3) is 33.3 Å². The summed E-state index contributed by atoms with van der Waals surface area (Å²) in [6, 6.07) is 66.9. The minimum Gasteiger partial charge on any atom is -0.507 e. The number of rotatable bonds is 27. The third kappa shape index (κ3) is 13.7. The molecule has 0 radical (unpaired) electrons. The Morgan fingerprint density at radius 3 is 0.974 bits per heavy atom. The molecular formula is C70H71N3O4. The van der Waals surface area contributed by atoms with Crippen LogP contribution in [0.5, 0.6) is 0 Å². The summed E-state index contributed by atoms with van der Waals surface area (Å²) in [6.07, 6.45) is 20.6. The van der Waals surface area contributed by atoms with E-state index in [1.165, 1.54) is 89.2 Å². The van der Waals surface area contributed by atoms with Crippen LogP contribution >= 0.6 is 0 Å². The van der Waals surface area contributed by atoms with Crippen LogP contribution in [0.15, 0.2) is 218 Å². The first-order chi connectivity index (χ1) is 37.9. The SMILES string of the molecule is CCCCCCCCCCCCCCCCn1c2ccc(C(=O)/C=C(\O)c3ccc(N(c4ccccc4)c4ccccc4)cc3)cc2c2cc(C(=O)/C=C(\O)c3ccc(N(c4ccccc4)c4ccccc4)cc3)ccc21. The topological polar surface area (TPSA) is 86.0 Å². The van der Waals surface area contributed by atoms with E-state index in [1.54, 1.807) is 0 Å². The molecule has 1 heterocycles. The highest BCUT2D eigenvalue weighted by atomic mass is 16.3. The molecular weight excluding hydrogens is 947 g/mol. The predicted octanol–water partition coefficient (Wildman–Crippen LogP) is 19.8. The molecule has 2 N–H and O–H groups in total. The van der Waals surface area contributed by atoms with Crippen molar-refractivity contribution in [3.8, 4) is 0 Å². The lowest BCUT2D eigenvalue weighted by molar-refractivity contribution is 0.103. The Labute approximate surface area is 455 Å². The number of carbonyl (C=O) groups is 2. The minimum atomic E-state index is -0.335. The van der Waals surface area contributed by atoms with Gasteiger partial charge in [0, 0.05) is 96.9 Å². The number of hydrogen-bond donors (Lipinski definition) is 2. The molecule has 0 saturated heterocycles. The van der Waals surface area contributed by atoms with Crippen molar-refractivity contribution in [1.29, 1.82) is 0 Å². The summed E-state index contributed by atoms with van der Waals surface area (Å²) >= 11 is 0. The highest BCUT2D eigenvalue weighted by Gasteiger charge is 2.19. The zero-order valence-corrected chi connectivity index (χ0v) is 44.4. The van der Waals surface area contributed by atoms with Crippen LogP contribution in [0.1, 0.15) is 129 Å². The van der Waals surface area contributed by atoms with E-state index in [9.17, 15) is 19.8 Å². The Balaban J connectivity index is 0.936. The molecule has 0 aliphatic heterocycles. The van der Waals surface area contributed by atoms with Gasteiger partial charge in [-0.05, 0) is 140 Å². The van der Waals surface area contributed by atoms with Gasteiger partial charge in [0.2, 0.25) is 0 Å². The second-order valence-corrected chi connectivity index (χ2v) is 20.1. The largest absolute Gasteiger partial charge is 0.507 e. The van der Waals surface area contributed by atoms with E-state index in [1.807, 2.05) is 158 Å². The molecule has 7 heteroatoms. The van der Waals surface area contributed by atoms with E-state index in [0.717, 1.165) is 75.3 Å². The summed E-state index contributed by atoms with van der Waals surface area (Å²) in [5.74, 6) is -0.935. The van der Waals surface area contributed by atoms with Crippen LogP contribution in [0, 0.1) is 0 Å². The number of aromatic nitrogens is 1. The monoisotopic (exact) mass is 1020 g/mol. The first kappa shape index (κ1) is 53.4. The number of allylic oxidation sites excluding steroid dienone is 2. The number of nitrogens with zero attached hydrogens (tertiary/aromatic N) is 3. The van der Waals surface area contributed by atoms with Gasteiger partial charge in [-0.2, -0.15) is 0 Å².